The van der Waals surface area contributed by atoms with Crippen LogP contribution in [0.1, 0.15) is 48.8 Å². The van der Waals surface area contributed by atoms with E-state index in [9.17, 15) is 4.79 Å². The zero-order chi connectivity index (χ0) is 16.4. The van der Waals surface area contributed by atoms with E-state index in [1.54, 1.807) is 6.33 Å². The summed E-state index contributed by atoms with van der Waals surface area (Å²) in [5, 5.41) is 10.9. The first-order chi connectivity index (χ1) is 11.1. The Morgan fingerprint density at radius 1 is 1.43 bits per heavy atom. The molecular weight excluding hydrogens is 290 g/mol. The van der Waals surface area contributed by atoms with Crippen LogP contribution in [0.4, 0.5) is 4.79 Å². The minimum atomic E-state index is -0.184. The topological polar surface area (TPSA) is 63.1 Å². The van der Waals surface area contributed by atoms with Crippen molar-refractivity contribution in [2.45, 2.75) is 38.3 Å². The maximum absolute atomic E-state index is 12.6. The lowest BCUT2D eigenvalue weighted by molar-refractivity contribution is 0.180. The fraction of sp³-hybridized carbons (Fsp3) is 0.471. The predicted octanol–water partition coefficient (Wildman–Crippen LogP) is 2.60. The number of urea groups is 1. The molecule has 6 nitrogen and oxygen atoms in total. The average molecular weight is 313 g/mol. The molecule has 1 N–H and O–H groups in total. The number of nitrogens with zero attached hydrogens (tertiary/aromatic N) is 4. The molecule has 23 heavy (non-hydrogen) atoms. The molecule has 1 aliphatic carbocycles. The van der Waals surface area contributed by atoms with Crippen molar-refractivity contribution in [3.05, 3.63) is 47.5 Å². The van der Waals surface area contributed by atoms with E-state index >= 15 is 0 Å². The third kappa shape index (κ3) is 3.06. The number of nitrogens with one attached hydrogen (secondary N) is 1. The van der Waals surface area contributed by atoms with Crippen LogP contribution in [-0.4, -0.2) is 32.7 Å². The van der Waals surface area contributed by atoms with Gasteiger partial charge in [0.1, 0.15) is 6.33 Å². The van der Waals surface area contributed by atoms with Crippen molar-refractivity contribution in [1.29, 1.82) is 0 Å². The van der Waals surface area contributed by atoms with Crippen molar-refractivity contribution in [1.82, 2.24) is 25.0 Å². The van der Waals surface area contributed by atoms with Gasteiger partial charge in [0.15, 0.2) is 5.82 Å². The summed E-state index contributed by atoms with van der Waals surface area (Å²) in [6, 6.07) is 8.28. The Labute approximate surface area is 136 Å². The molecule has 1 aromatic heterocycles. The second kappa shape index (κ2) is 6.40. The van der Waals surface area contributed by atoms with Crippen molar-refractivity contribution >= 4 is 6.03 Å². The SMILES string of the molecule is C[C@@H](NC(=O)N(C)[C@H]1CCCc2ccccc21)c1nncn1C. The molecule has 0 radical (unpaired) electrons. The van der Waals surface area contributed by atoms with Crippen molar-refractivity contribution < 1.29 is 4.79 Å². The van der Waals surface area contributed by atoms with E-state index in [2.05, 4.69) is 33.7 Å². The minimum Gasteiger partial charge on any atom is -0.328 e. The van der Waals surface area contributed by atoms with Gasteiger partial charge in [0, 0.05) is 14.1 Å². The molecule has 0 spiro atoms. The van der Waals surface area contributed by atoms with Gasteiger partial charge < -0.3 is 14.8 Å². The number of rotatable bonds is 3. The molecule has 0 bridgehead atoms. The van der Waals surface area contributed by atoms with E-state index in [4.69, 9.17) is 0 Å². The van der Waals surface area contributed by atoms with Gasteiger partial charge in [-0.1, -0.05) is 24.3 Å². The van der Waals surface area contributed by atoms with Crippen molar-refractivity contribution in [3.8, 4) is 0 Å². The Hall–Kier alpha value is -2.37. The number of aromatic nitrogens is 3. The van der Waals surface area contributed by atoms with Gasteiger partial charge in [-0.3, -0.25) is 0 Å². The molecule has 0 aliphatic heterocycles. The molecule has 2 aromatic rings. The molecule has 122 valence electrons. The highest BCUT2D eigenvalue weighted by Crippen LogP contribution is 2.33. The Bertz CT molecular complexity index is 696. The lowest BCUT2D eigenvalue weighted by Crippen LogP contribution is -2.42. The largest absolute Gasteiger partial charge is 0.328 e. The van der Waals surface area contributed by atoms with Crippen LogP contribution in [0.3, 0.4) is 0 Å². The van der Waals surface area contributed by atoms with Gasteiger partial charge in [-0.25, -0.2) is 4.79 Å². The summed E-state index contributed by atoms with van der Waals surface area (Å²) < 4.78 is 1.82. The molecule has 1 aromatic carbocycles. The first-order valence-corrected chi connectivity index (χ1v) is 8.03. The maximum atomic E-state index is 12.6. The van der Waals surface area contributed by atoms with Gasteiger partial charge in [-0.15, -0.1) is 10.2 Å². The third-order valence-electron chi connectivity index (χ3n) is 4.60. The van der Waals surface area contributed by atoms with Gasteiger partial charge >= 0.3 is 6.03 Å². The summed E-state index contributed by atoms with van der Waals surface area (Å²) in [6.45, 7) is 1.92. The Balaban J connectivity index is 1.72. The molecule has 1 aliphatic rings. The molecule has 3 rings (SSSR count). The van der Waals surface area contributed by atoms with E-state index < -0.39 is 0 Å². The van der Waals surface area contributed by atoms with Crippen LogP contribution in [0, 0.1) is 0 Å². The van der Waals surface area contributed by atoms with Gasteiger partial charge in [0.2, 0.25) is 0 Å². The number of carbonyl (C=O) groups excluding carboxylic acids is 1. The van der Waals surface area contributed by atoms with Crippen LogP contribution in [-0.2, 0) is 13.5 Å². The highest BCUT2D eigenvalue weighted by Gasteiger charge is 2.27. The summed E-state index contributed by atoms with van der Waals surface area (Å²) in [6.07, 6.45) is 4.84. The van der Waals surface area contributed by atoms with E-state index in [1.807, 2.05) is 36.6 Å². The lowest BCUT2D eigenvalue weighted by atomic mass is 9.87. The zero-order valence-corrected chi connectivity index (χ0v) is 13.9. The third-order valence-corrected chi connectivity index (χ3v) is 4.60. The number of amides is 2. The van der Waals surface area contributed by atoms with Crippen molar-refractivity contribution in [2.24, 2.45) is 7.05 Å². The lowest BCUT2D eigenvalue weighted by Gasteiger charge is -2.34. The standard InChI is InChI=1S/C17H23N5O/c1-12(16-20-18-11-21(16)2)19-17(23)22(3)15-10-6-8-13-7-4-5-9-14(13)15/h4-5,7,9,11-12,15H,6,8,10H2,1-3H3,(H,19,23)/t12-,15+/m1/s1. The van der Waals surface area contributed by atoms with Crippen LogP contribution in [0.15, 0.2) is 30.6 Å². The second-order valence-electron chi connectivity index (χ2n) is 6.19. The van der Waals surface area contributed by atoms with Gasteiger partial charge in [-0.2, -0.15) is 0 Å². The van der Waals surface area contributed by atoms with Crippen LogP contribution >= 0.6 is 0 Å². The quantitative estimate of drug-likeness (QED) is 0.947. The fourth-order valence-corrected chi connectivity index (χ4v) is 3.31. The number of hydrogen-bond acceptors (Lipinski definition) is 3. The molecule has 0 saturated carbocycles. The maximum Gasteiger partial charge on any atom is 0.318 e. The predicted molar refractivity (Wildman–Crippen MR) is 87.8 cm³/mol. The Kier molecular flexibility index (Phi) is 4.32. The fourth-order valence-electron chi connectivity index (χ4n) is 3.31. The zero-order valence-electron chi connectivity index (χ0n) is 13.9. The van der Waals surface area contributed by atoms with Crippen molar-refractivity contribution in [3.63, 3.8) is 0 Å². The van der Waals surface area contributed by atoms with E-state index in [0.29, 0.717) is 0 Å². The molecule has 0 fully saturated rings. The summed E-state index contributed by atoms with van der Waals surface area (Å²) in [7, 11) is 3.74. The summed E-state index contributed by atoms with van der Waals surface area (Å²) in [5.74, 6) is 0.746. The van der Waals surface area contributed by atoms with Gasteiger partial charge in [0.05, 0.1) is 12.1 Å². The number of hydrogen-bond donors (Lipinski definition) is 1. The summed E-state index contributed by atoms with van der Waals surface area (Å²) >= 11 is 0. The van der Waals surface area contributed by atoms with Crippen molar-refractivity contribution in [2.75, 3.05) is 7.05 Å². The average Bonchev–Trinajstić information content (AvgIpc) is 2.99. The van der Waals surface area contributed by atoms with E-state index in [1.165, 1.54) is 11.1 Å². The molecule has 2 amide bonds. The number of fused-ring (bicyclic) bond motifs is 1. The highest BCUT2D eigenvalue weighted by atomic mass is 16.2. The number of aryl methyl sites for hydroxylation is 2. The highest BCUT2D eigenvalue weighted by molar-refractivity contribution is 5.75. The minimum absolute atomic E-state index is 0.0813. The van der Waals surface area contributed by atoms with E-state index in [-0.39, 0.29) is 18.1 Å². The molecule has 0 saturated heterocycles. The second-order valence-corrected chi connectivity index (χ2v) is 6.19. The molecule has 0 unspecified atom stereocenters. The van der Waals surface area contributed by atoms with Gasteiger partial charge in [-0.05, 0) is 37.3 Å². The summed E-state index contributed by atoms with van der Waals surface area (Å²) in [4.78, 5) is 14.4. The Morgan fingerprint density at radius 2 is 2.22 bits per heavy atom. The first kappa shape index (κ1) is 15.5. The number of carbonyl (C=O) groups is 1. The smallest absolute Gasteiger partial charge is 0.318 e. The monoisotopic (exact) mass is 313 g/mol. The molecule has 1 heterocycles. The number of benzene rings is 1. The first-order valence-electron chi connectivity index (χ1n) is 8.03. The van der Waals surface area contributed by atoms with Crippen LogP contribution < -0.4 is 5.32 Å². The molecule has 6 heteroatoms. The summed E-state index contributed by atoms with van der Waals surface area (Å²) in [5.41, 5.74) is 2.62. The van der Waals surface area contributed by atoms with E-state index in [0.717, 1.165) is 25.1 Å². The van der Waals surface area contributed by atoms with Crippen LogP contribution in [0.25, 0.3) is 0 Å². The van der Waals surface area contributed by atoms with Crippen LogP contribution in [0.5, 0.6) is 0 Å². The Morgan fingerprint density at radius 3 is 2.96 bits per heavy atom. The normalized spacial score (nSPS) is 18.1. The van der Waals surface area contributed by atoms with Crippen LogP contribution in [0.2, 0.25) is 0 Å². The molecule has 2 atom stereocenters. The van der Waals surface area contributed by atoms with Gasteiger partial charge in [0.25, 0.3) is 0 Å². The molecular formula is C17H23N5O.